The number of rotatable bonds is 8. The minimum absolute atomic E-state index is 0.622. The average Bonchev–Trinajstić information content (AvgIpc) is 2.99. The summed E-state index contributed by atoms with van der Waals surface area (Å²) in [6.07, 6.45) is 1.67. The van der Waals surface area contributed by atoms with Gasteiger partial charge in [-0.2, -0.15) is 0 Å². The van der Waals surface area contributed by atoms with Crippen molar-refractivity contribution in [2.24, 2.45) is 7.05 Å². The van der Waals surface area contributed by atoms with E-state index in [1.54, 1.807) is 11.8 Å². The lowest BCUT2D eigenvalue weighted by molar-refractivity contribution is 0.307. The van der Waals surface area contributed by atoms with E-state index in [4.69, 9.17) is 27.9 Å². The quantitative estimate of drug-likeness (QED) is 0.343. The molecule has 142 valence electrons. The van der Waals surface area contributed by atoms with Crippen molar-refractivity contribution >= 4 is 35.0 Å². The van der Waals surface area contributed by atoms with Crippen molar-refractivity contribution < 1.29 is 4.74 Å². The smallest absolute Gasteiger partial charge is 0.191 e. The first-order valence-corrected chi connectivity index (χ1v) is 10.4. The molecule has 3 rings (SSSR count). The average molecular weight is 422 g/mol. The van der Waals surface area contributed by atoms with Crippen molar-refractivity contribution in [1.82, 2.24) is 14.8 Å². The van der Waals surface area contributed by atoms with Crippen LogP contribution in [0.3, 0.4) is 0 Å². The largest absolute Gasteiger partial charge is 0.493 e. The molecule has 0 bridgehead atoms. The summed E-state index contributed by atoms with van der Waals surface area (Å²) in [6, 6.07) is 13.5. The van der Waals surface area contributed by atoms with Crippen molar-refractivity contribution in [3.8, 4) is 5.75 Å². The molecule has 3 aromatic rings. The van der Waals surface area contributed by atoms with E-state index in [1.807, 2.05) is 61.0 Å². The molecule has 0 unspecified atom stereocenters. The summed E-state index contributed by atoms with van der Waals surface area (Å²) in [5.41, 5.74) is 2.14. The normalized spacial score (nSPS) is 11.0. The Labute approximate surface area is 173 Å². The predicted molar refractivity (Wildman–Crippen MR) is 112 cm³/mol. The molecule has 2 aromatic carbocycles. The number of thioether (sulfide) groups is 1. The molecule has 7 heteroatoms. The van der Waals surface area contributed by atoms with Gasteiger partial charge in [0.1, 0.15) is 11.6 Å². The second-order valence-electron chi connectivity index (χ2n) is 6.20. The molecular formula is C20H21Cl2N3OS. The predicted octanol–water partition coefficient (Wildman–Crippen LogP) is 5.73. The van der Waals surface area contributed by atoms with Gasteiger partial charge in [-0.25, -0.2) is 0 Å². The summed E-state index contributed by atoms with van der Waals surface area (Å²) in [4.78, 5) is 0. The Balaban J connectivity index is 1.49. The minimum Gasteiger partial charge on any atom is -0.493 e. The van der Waals surface area contributed by atoms with Gasteiger partial charge in [0.2, 0.25) is 0 Å². The first-order valence-electron chi connectivity index (χ1n) is 8.68. The lowest BCUT2D eigenvalue weighted by Gasteiger charge is -2.09. The fraction of sp³-hybridized carbons (Fsp3) is 0.300. The fourth-order valence-electron chi connectivity index (χ4n) is 2.63. The standard InChI is InChI=1S/C20H21Cl2N3OS/c1-14-12-16(21)9-10-18(14)26-11-5-8-19-23-24-20(25(19)2)27-13-15-6-3-4-7-17(15)22/h3-4,6-7,9-10,12H,5,8,11,13H2,1-2H3. The molecule has 0 N–H and O–H groups in total. The van der Waals surface area contributed by atoms with Gasteiger partial charge >= 0.3 is 0 Å². The molecule has 0 saturated carbocycles. The van der Waals surface area contributed by atoms with E-state index in [2.05, 4.69) is 10.2 Å². The third-order valence-electron chi connectivity index (χ3n) is 4.18. The lowest BCUT2D eigenvalue weighted by Crippen LogP contribution is -2.04. The van der Waals surface area contributed by atoms with Crippen LogP contribution < -0.4 is 4.74 Å². The van der Waals surface area contributed by atoms with Gasteiger partial charge in [0.25, 0.3) is 0 Å². The van der Waals surface area contributed by atoms with Crippen LogP contribution in [0.1, 0.15) is 23.4 Å². The van der Waals surface area contributed by atoms with Crippen molar-refractivity contribution in [3.05, 3.63) is 69.5 Å². The van der Waals surface area contributed by atoms with Crippen LogP contribution >= 0.6 is 35.0 Å². The second kappa shape index (κ2) is 9.49. The third-order valence-corrected chi connectivity index (χ3v) is 5.85. The number of nitrogens with zero attached hydrogens (tertiary/aromatic N) is 3. The van der Waals surface area contributed by atoms with Gasteiger partial charge in [0.15, 0.2) is 5.16 Å². The van der Waals surface area contributed by atoms with E-state index in [9.17, 15) is 0 Å². The van der Waals surface area contributed by atoms with E-state index >= 15 is 0 Å². The monoisotopic (exact) mass is 421 g/mol. The van der Waals surface area contributed by atoms with Crippen LogP contribution in [-0.2, 0) is 19.2 Å². The molecule has 0 aliphatic heterocycles. The van der Waals surface area contributed by atoms with Crippen LogP contribution in [0.2, 0.25) is 10.0 Å². The van der Waals surface area contributed by atoms with Crippen LogP contribution in [-0.4, -0.2) is 21.4 Å². The highest BCUT2D eigenvalue weighted by atomic mass is 35.5. The van der Waals surface area contributed by atoms with Gasteiger partial charge in [-0.3, -0.25) is 0 Å². The maximum Gasteiger partial charge on any atom is 0.191 e. The van der Waals surface area contributed by atoms with E-state index < -0.39 is 0 Å². The molecule has 27 heavy (non-hydrogen) atoms. The molecule has 0 fully saturated rings. The van der Waals surface area contributed by atoms with Crippen LogP contribution in [0.4, 0.5) is 0 Å². The van der Waals surface area contributed by atoms with Crippen molar-refractivity contribution in [3.63, 3.8) is 0 Å². The highest BCUT2D eigenvalue weighted by Gasteiger charge is 2.10. The van der Waals surface area contributed by atoms with Crippen molar-refractivity contribution in [2.45, 2.75) is 30.7 Å². The van der Waals surface area contributed by atoms with E-state index in [1.165, 1.54) is 0 Å². The maximum absolute atomic E-state index is 6.21. The third kappa shape index (κ3) is 5.41. The van der Waals surface area contributed by atoms with Crippen LogP contribution in [0, 0.1) is 6.92 Å². The molecule has 0 aliphatic rings. The van der Waals surface area contributed by atoms with Gasteiger partial charge in [-0.15, -0.1) is 10.2 Å². The van der Waals surface area contributed by atoms with Gasteiger partial charge in [-0.05, 0) is 48.7 Å². The molecule has 1 heterocycles. The van der Waals surface area contributed by atoms with Crippen LogP contribution in [0.25, 0.3) is 0 Å². The summed E-state index contributed by atoms with van der Waals surface area (Å²) in [6.45, 7) is 2.61. The molecule has 0 saturated heterocycles. The molecule has 0 aliphatic carbocycles. The van der Waals surface area contributed by atoms with Gasteiger partial charge < -0.3 is 9.30 Å². The SMILES string of the molecule is Cc1cc(Cl)ccc1OCCCc1nnc(SCc2ccccc2Cl)n1C. The minimum atomic E-state index is 0.622. The Morgan fingerprint density at radius 1 is 1.11 bits per heavy atom. The van der Waals surface area contributed by atoms with Crippen LogP contribution in [0.15, 0.2) is 47.6 Å². The Kier molecular flexibility index (Phi) is 7.05. The fourth-order valence-corrected chi connectivity index (χ4v) is 4.08. The summed E-state index contributed by atoms with van der Waals surface area (Å²) in [7, 11) is 1.99. The molecule has 0 radical (unpaired) electrons. The number of hydrogen-bond acceptors (Lipinski definition) is 4. The molecule has 0 spiro atoms. The Bertz CT molecular complexity index is 914. The zero-order valence-electron chi connectivity index (χ0n) is 15.3. The molecule has 4 nitrogen and oxygen atoms in total. The highest BCUT2D eigenvalue weighted by molar-refractivity contribution is 7.98. The summed E-state index contributed by atoms with van der Waals surface area (Å²) < 4.78 is 7.88. The molecule has 1 aromatic heterocycles. The molecular weight excluding hydrogens is 401 g/mol. The van der Waals surface area contributed by atoms with E-state index in [0.29, 0.717) is 6.61 Å². The van der Waals surface area contributed by atoms with Gasteiger partial charge in [0.05, 0.1) is 6.61 Å². The number of aromatic nitrogens is 3. The Hall–Kier alpha value is -1.69. The van der Waals surface area contributed by atoms with Crippen molar-refractivity contribution in [2.75, 3.05) is 6.61 Å². The van der Waals surface area contributed by atoms with Gasteiger partial charge in [0, 0.05) is 29.3 Å². The van der Waals surface area contributed by atoms with E-state index in [0.717, 1.165) is 56.5 Å². The molecule has 0 atom stereocenters. The number of aryl methyl sites for hydroxylation is 2. The second-order valence-corrected chi connectivity index (χ2v) is 7.99. The number of halogens is 2. The number of benzene rings is 2. The van der Waals surface area contributed by atoms with Crippen LogP contribution in [0.5, 0.6) is 5.75 Å². The van der Waals surface area contributed by atoms with E-state index in [-0.39, 0.29) is 0 Å². The zero-order chi connectivity index (χ0) is 19.2. The van der Waals surface area contributed by atoms with Gasteiger partial charge in [-0.1, -0.05) is 53.2 Å². The highest BCUT2D eigenvalue weighted by Crippen LogP contribution is 2.26. The Morgan fingerprint density at radius 3 is 2.70 bits per heavy atom. The summed E-state index contributed by atoms with van der Waals surface area (Å²) >= 11 is 13.8. The maximum atomic E-state index is 6.21. The lowest BCUT2D eigenvalue weighted by atomic mass is 10.2. The summed E-state index contributed by atoms with van der Waals surface area (Å²) in [5.74, 6) is 2.59. The molecule has 0 amide bonds. The number of hydrogen-bond donors (Lipinski definition) is 0. The topological polar surface area (TPSA) is 39.9 Å². The Morgan fingerprint density at radius 2 is 1.93 bits per heavy atom. The first kappa shape index (κ1) is 20.1. The summed E-state index contributed by atoms with van der Waals surface area (Å²) in [5, 5.41) is 11.0. The van der Waals surface area contributed by atoms with Crippen molar-refractivity contribution in [1.29, 1.82) is 0 Å². The first-order chi connectivity index (χ1) is 13.0. The zero-order valence-corrected chi connectivity index (χ0v) is 17.6. The number of ether oxygens (including phenoxy) is 1.